The summed E-state index contributed by atoms with van der Waals surface area (Å²) in [5.74, 6) is 0.634. The minimum absolute atomic E-state index is 0.145. The van der Waals surface area contributed by atoms with Crippen molar-refractivity contribution in [3.63, 3.8) is 0 Å². The zero-order valence-corrected chi connectivity index (χ0v) is 13.7. The first-order chi connectivity index (χ1) is 10.1. The number of nitrogens with zero attached hydrogens (tertiary/aromatic N) is 1. The largest absolute Gasteiger partial charge is 0.497 e. The predicted octanol–water partition coefficient (Wildman–Crippen LogP) is 2.25. The summed E-state index contributed by atoms with van der Waals surface area (Å²) in [5.41, 5.74) is -0.188. The van der Waals surface area contributed by atoms with Crippen LogP contribution in [0.25, 0.3) is 0 Å². The molecule has 0 aromatic heterocycles. The summed E-state index contributed by atoms with van der Waals surface area (Å²) >= 11 is 0. The highest BCUT2D eigenvalue weighted by molar-refractivity contribution is 7.85. The van der Waals surface area contributed by atoms with Crippen LogP contribution in [0.2, 0.25) is 0 Å². The third-order valence-corrected chi connectivity index (χ3v) is 4.29. The number of hydrogen-bond acceptors (Lipinski definition) is 6. The van der Waals surface area contributed by atoms with Crippen LogP contribution >= 0.6 is 0 Å². The Balaban J connectivity index is 2.31. The molecule has 1 aromatic rings. The molecule has 122 valence electrons. The van der Waals surface area contributed by atoms with Gasteiger partial charge in [0, 0.05) is 0 Å². The molecule has 1 fully saturated rings. The summed E-state index contributed by atoms with van der Waals surface area (Å²) in [7, 11) is -2.61. The molecule has 0 unspecified atom stereocenters. The van der Waals surface area contributed by atoms with Gasteiger partial charge < -0.3 is 9.47 Å². The standard InChI is InChI=1S/C14H19NO6S/c1-14(2,3)21-13(16)15-12(9-20-22(15,17)18)10-5-7-11(19-4)8-6-10/h5-8,12H,9H2,1-4H3/t12-/m1/s1. The summed E-state index contributed by atoms with van der Waals surface area (Å²) in [5, 5.41) is 0. The Labute approximate surface area is 130 Å². The second-order valence-corrected chi connectivity index (χ2v) is 7.29. The highest BCUT2D eigenvalue weighted by Gasteiger charge is 2.45. The van der Waals surface area contributed by atoms with Crippen molar-refractivity contribution < 1.29 is 26.9 Å². The van der Waals surface area contributed by atoms with Crippen molar-refractivity contribution in [1.82, 2.24) is 4.31 Å². The smallest absolute Gasteiger partial charge is 0.426 e. The molecule has 22 heavy (non-hydrogen) atoms. The first-order valence-corrected chi connectivity index (χ1v) is 8.06. The number of ether oxygens (including phenoxy) is 2. The summed E-state index contributed by atoms with van der Waals surface area (Å²) in [6, 6.07) is 5.99. The number of carbonyl (C=O) groups excluding carboxylic acids is 1. The van der Waals surface area contributed by atoms with Crippen molar-refractivity contribution in [3.05, 3.63) is 29.8 Å². The second kappa shape index (κ2) is 5.77. The first-order valence-electron chi connectivity index (χ1n) is 6.70. The molecule has 0 aliphatic carbocycles. The zero-order valence-electron chi connectivity index (χ0n) is 12.9. The van der Waals surface area contributed by atoms with Gasteiger partial charge in [0.25, 0.3) is 0 Å². The summed E-state index contributed by atoms with van der Waals surface area (Å²) in [6.45, 7) is 4.85. The molecular formula is C14H19NO6S. The number of hydrogen-bond donors (Lipinski definition) is 0. The van der Waals surface area contributed by atoms with Crippen molar-refractivity contribution >= 4 is 16.4 Å². The van der Waals surface area contributed by atoms with E-state index < -0.39 is 28.0 Å². The van der Waals surface area contributed by atoms with Crippen molar-refractivity contribution in [2.24, 2.45) is 0 Å². The molecule has 0 spiro atoms. The summed E-state index contributed by atoms with van der Waals surface area (Å²) in [6.07, 6.45) is -0.953. The molecule has 7 nitrogen and oxygen atoms in total. The minimum Gasteiger partial charge on any atom is -0.497 e. The molecule has 8 heteroatoms. The van der Waals surface area contributed by atoms with Crippen LogP contribution in [0.3, 0.4) is 0 Å². The van der Waals surface area contributed by atoms with Gasteiger partial charge in [0.15, 0.2) is 0 Å². The molecule has 0 radical (unpaired) electrons. The lowest BCUT2D eigenvalue weighted by molar-refractivity contribution is 0.0356. The normalized spacial score (nSPS) is 20.7. The van der Waals surface area contributed by atoms with Gasteiger partial charge in [0.1, 0.15) is 17.4 Å². The molecule has 0 N–H and O–H groups in total. The van der Waals surface area contributed by atoms with E-state index >= 15 is 0 Å². The van der Waals surface area contributed by atoms with Gasteiger partial charge in [-0.25, -0.2) is 4.79 Å². The molecule has 1 aliphatic rings. The zero-order chi connectivity index (χ0) is 16.5. The SMILES string of the molecule is COc1ccc([C@H]2COS(=O)(=O)N2C(=O)OC(C)(C)C)cc1. The van der Waals surface area contributed by atoms with Crippen LogP contribution in [-0.4, -0.2) is 38.1 Å². The highest BCUT2D eigenvalue weighted by Crippen LogP contribution is 2.33. The number of benzene rings is 1. The van der Waals surface area contributed by atoms with Gasteiger partial charge in [-0.1, -0.05) is 12.1 Å². The lowest BCUT2D eigenvalue weighted by atomic mass is 10.1. The van der Waals surface area contributed by atoms with E-state index in [0.717, 1.165) is 0 Å². The molecule has 1 aliphatic heterocycles. The van der Waals surface area contributed by atoms with Gasteiger partial charge in [0.2, 0.25) is 0 Å². The number of rotatable bonds is 2. The Bertz CT molecular complexity index is 647. The van der Waals surface area contributed by atoms with Crippen LogP contribution in [-0.2, 0) is 19.2 Å². The van der Waals surface area contributed by atoms with E-state index in [1.165, 1.54) is 7.11 Å². The molecule has 0 saturated carbocycles. The van der Waals surface area contributed by atoms with Crippen LogP contribution in [0.15, 0.2) is 24.3 Å². The number of methoxy groups -OCH3 is 1. The molecule has 1 heterocycles. The van der Waals surface area contributed by atoms with E-state index in [0.29, 0.717) is 15.6 Å². The predicted molar refractivity (Wildman–Crippen MR) is 78.7 cm³/mol. The van der Waals surface area contributed by atoms with E-state index in [4.69, 9.17) is 13.7 Å². The van der Waals surface area contributed by atoms with E-state index in [2.05, 4.69) is 0 Å². The van der Waals surface area contributed by atoms with Crippen LogP contribution in [0.4, 0.5) is 4.79 Å². The maximum absolute atomic E-state index is 12.2. The number of amides is 1. The minimum atomic E-state index is -4.14. The van der Waals surface area contributed by atoms with E-state index in [9.17, 15) is 13.2 Å². The fraction of sp³-hybridized carbons (Fsp3) is 0.500. The maximum atomic E-state index is 12.2. The van der Waals surface area contributed by atoms with Crippen LogP contribution in [0, 0.1) is 0 Å². The average Bonchev–Trinajstić information content (AvgIpc) is 2.72. The Hall–Kier alpha value is -1.80. The number of carbonyl (C=O) groups is 1. The van der Waals surface area contributed by atoms with Gasteiger partial charge in [-0.2, -0.15) is 12.7 Å². The van der Waals surface area contributed by atoms with Crippen molar-refractivity contribution in [3.8, 4) is 5.75 Å². The van der Waals surface area contributed by atoms with E-state index in [1.807, 2.05) is 0 Å². The van der Waals surface area contributed by atoms with E-state index in [1.54, 1.807) is 45.0 Å². The molecule has 1 saturated heterocycles. The third kappa shape index (κ3) is 3.50. The van der Waals surface area contributed by atoms with Crippen LogP contribution in [0.5, 0.6) is 5.75 Å². The molecular weight excluding hydrogens is 310 g/mol. The van der Waals surface area contributed by atoms with Crippen molar-refractivity contribution in [1.29, 1.82) is 0 Å². The van der Waals surface area contributed by atoms with Gasteiger partial charge in [0.05, 0.1) is 13.7 Å². The maximum Gasteiger partial charge on any atom is 0.426 e. The average molecular weight is 329 g/mol. The highest BCUT2D eigenvalue weighted by atomic mass is 32.2. The Morgan fingerprint density at radius 3 is 2.36 bits per heavy atom. The Morgan fingerprint density at radius 1 is 1.27 bits per heavy atom. The van der Waals surface area contributed by atoms with Gasteiger partial charge in [-0.05, 0) is 38.5 Å². The second-order valence-electron chi connectivity index (χ2n) is 5.81. The Kier molecular flexibility index (Phi) is 4.35. The molecule has 1 aromatic carbocycles. The van der Waals surface area contributed by atoms with E-state index in [-0.39, 0.29) is 6.61 Å². The van der Waals surface area contributed by atoms with Crippen LogP contribution in [0.1, 0.15) is 32.4 Å². The Morgan fingerprint density at radius 2 is 1.86 bits per heavy atom. The summed E-state index contributed by atoms with van der Waals surface area (Å²) < 4.78 is 39.6. The first kappa shape index (κ1) is 16.6. The third-order valence-electron chi connectivity index (χ3n) is 2.97. The van der Waals surface area contributed by atoms with Gasteiger partial charge >= 0.3 is 16.4 Å². The van der Waals surface area contributed by atoms with Gasteiger partial charge in [-0.3, -0.25) is 4.18 Å². The van der Waals surface area contributed by atoms with Gasteiger partial charge in [-0.15, -0.1) is 0 Å². The van der Waals surface area contributed by atoms with Crippen molar-refractivity contribution in [2.45, 2.75) is 32.4 Å². The summed E-state index contributed by atoms with van der Waals surface area (Å²) in [4.78, 5) is 12.2. The fourth-order valence-electron chi connectivity index (χ4n) is 2.01. The fourth-order valence-corrected chi connectivity index (χ4v) is 3.14. The molecule has 1 atom stereocenters. The lowest BCUT2D eigenvalue weighted by Gasteiger charge is -2.26. The quantitative estimate of drug-likeness (QED) is 0.827. The molecule has 1 amide bonds. The topological polar surface area (TPSA) is 82.1 Å². The monoisotopic (exact) mass is 329 g/mol. The van der Waals surface area contributed by atoms with Crippen LogP contribution < -0.4 is 4.74 Å². The lowest BCUT2D eigenvalue weighted by Crippen LogP contribution is -2.39. The molecule has 0 bridgehead atoms. The van der Waals surface area contributed by atoms with Crippen molar-refractivity contribution in [2.75, 3.05) is 13.7 Å². The molecule has 2 rings (SSSR count).